The Morgan fingerprint density at radius 2 is 1.24 bits per heavy atom. The summed E-state index contributed by atoms with van der Waals surface area (Å²) in [5.41, 5.74) is -0.0260. The normalized spacial score (nSPS) is 18.3. The molecule has 6 heteroatoms. The number of hydrogen-bond acceptors (Lipinski definition) is 1. The van der Waals surface area contributed by atoms with Gasteiger partial charge in [0, 0.05) is 0 Å². The molecule has 0 saturated heterocycles. The highest BCUT2D eigenvalue weighted by Gasteiger charge is 2.37. The lowest BCUT2D eigenvalue weighted by Gasteiger charge is -2.59. The van der Waals surface area contributed by atoms with Crippen molar-refractivity contribution in [2.24, 2.45) is 0 Å². The van der Waals surface area contributed by atoms with E-state index in [1.807, 2.05) is 0 Å². The van der Waals surface area contributed by atoms with Gasteiger partial charge in [0.25, 0.3) is 0 Å². The summed E-state index contributed by atoms with van der Waals surface area (Å²) in [7, 11) is -2.82. The van der Waals surface area contributed by atoms with E-state index in [2.05, 4.69) is 70.7 Å². The van der Waals surface area contributed by atoms with Gasteiger partial charge in [0.05, 0.1) is 0 Å². The van der Waals surface area contributed by atoms with Crippen LogP contribution in [-0.4, -0.2) is 32.7 Å². The van der Waals surface area contributed by atoms with E-state index in [4.69, 9.17) is 16.9 Å². The maximum Gasteiger partial charge on any atom is 0.115 e. The van der Waals surface area contributed by atoms with E-state index in [1.165, 1.54) is 0 Å². The SMILES string of the molecule is CC(C)(C)[N-]P(C)(=S)N([Si](C)(C)C)[Si](C)(C)C. The third-order valence-electron chi connectivity index (χ3n) is 2.13. The van der Waals surface area contributed by atoms with E-state index in [1.54, 1.807) is 0 Å². The minimum Gasteiger partial charge on any atom is -0.611 e. The van der Waals surface area contributed by atoms with Crippen LogP contribution in [-0.2, 0) is 11.8 Å². The highest BCUT2D eigenvalue weighted by Crippen LogP contribution is 2.60. The molecule has 0 aliphatic carbocycles. The molecule has 0 rings (SSSR count). The molecule has 0 aliphatic heterocycles. The molecular weight excluding hydrogens is 279 g/mol. The van der Waals surface area contributed by atoms with Crippen molar-refractivity contribution in [1.82, 2.24) is 4.00 Å². The minimum atomic E-state index is -1.75. The van der Waals surface area contributed by atoms with Crippen LogP contribution in [0.5, 0.6) is 0 Å². The highest BCUT2D eigenvalue weighted by atomic mass is 32.4. The topological polar surface area (TPSA) is 17.3 Å². The molecule has 104 valence electrons. The maximum absolute atomic E-state index is 5.95. The van der Waals surface area contributed by atoms with E-state index in [9.17, 15) is 0 Å². The third kappa shape index (κ3) is 6.12. The van der Waals surface area contributed by atoms with Gasteiger partial charge in [-0.25, -0.2) is 0 Å². The van der Waals surface area contributed by atoms with Crippen LogP contribution in [0.25, 0.3) is 5.09 Å². The van der Waals surface area contributed by atoms with Crippen molar-refractivity contribution < 1.29 is 0 Å². The fourth-order valence-electron chi connectivity index (χ4n) is 2.72. The Labute approximate surface area is 116 Å². The molecule has 1 unspecified atom stereocenters. The predicted octanol–water partition coefficient (Wildman–Crippen LogP) is 5.07. The maximum atomic E-state index is 5.95. The van der Waals surface area contributed by atoms with Gasteiger partial charge in [0.1, 0.15) is 16.5 Å². The van der Waals surface area contributed by atoms with Gasteiger partial charge in [-0.2, -0.15) is 0 Å². The van der Waals surface area contributed by atoms with Gasteiger partial charge in [-0.15, -0.1) is 17.3 Å². The summed E-state index contributed by atoms with van der Waals surface area (Å²) >= 11 is 5.95. The summed E-state index contributed by atoms with van der Waals surface area (Å²) in [5.74, 6) is 0. The first-order valence-corrected chi connectivity index (χ1v) is 16.3. The molecule has 0 N–H and O–H groups in total. The van der Waals surface area contributed by atoms with Crippen LogP contribution >= 0.6 is 6.34 Å². The molecule has 0 heterocycles. The number of nitrogens with zero attached hydrogens (tertiary/aromatic N) is 2. The van der Waals surface area contributed by atoms with Crippen molar-refractivity contribution >= 4 is 34.6 Å². The van der Waals surface area contributed by atoms with Gasteiger partial charge in [-0.05, 0) is 6.66 Å². The van der Waals surface area contributed by atoms with Crippen molar-refractivity contribution in [2.45, 2.75) is 65.6 Å². The highest BCUT2D eigenvalue weighted by molar-refractivity contribution is 8.15. The van der Waals surface area contributed by atoms with Crippen LogP contribution in [0.15, 0.2) is 0 Å². The second-order valence-electron chi connectivity index (χ2n) is 7.76. The summed E-state index contributed by atoms with van der Waals surface area (Å²) in [6.07, 6.45) is -1.75. The summed E-state index contributed by atoms with van der Waals surface area (Å²) in [5, 5.41) is 5.00. The van der Waals surface area contributed by atoms with Crippen molar-refractivity contribution in [2.75, 3.05) is 6.66 Å². The molecule has 0 aromatic carbocycles. The molecule has 2 nitrogen and oxygen atoms in total. The molecule has 0 aromatic rings. The molecule has 0 bridgehead atoms. The standard InChI is InChI=1S/C11H30N2PSSi2/c1-11(2,3)12-14(4,15)13(16(5,6)7)17(8,9)10/h1-10H3/q-1. The fraction of sp³-hybridized carbons (Fsp3) is 1.00. The predicted molar refractivity (Wildman–Crippen MR) is 91.9 cm³/mol. The fourth-order valence-corrected chi connectivity index (χ4v) is 26.3. The van der Waals surface area contributed by atoms with Crippen LogP contribution in [0.3, 0.4) is 0 Å². The van der Waals surface area contributed by atoms with Crippen LogP contribution in [0, 0.1) is 0 Å². The molecule has 1 atom stereocenters. The van der Waals surface area contributed by atoms with Crippen LogP contribution in [0.4, 0.5) is 0 Å². The zero-order chi connectivity index (χ0) is 14.3. The zero-order valence-electron chi connectivity index (χ0n) is 13.2. The van der Waals surface area contributed by atoms with Crippen molar-refractivity contribution in [3.63, 3.8) is 0 Å². The van der Waals surface area contributed by atoms with E-state index in [0.29, 0.717) is 0 Å². The summed E-state index contributed by atoms with van der Waals surface area (Å²) in [6, 6.07) is 0. The van der Waals surface area contributed by atoms with Gasteiger partial charge < -0.3 is 9.09 Å². The average molecular weight is 310 g/mol. The second-order valence-corrected chi connectivity index (χ2v) is 22.9. The molecule has 0 aromatic heterocycles. The number of hydrogen-bond donors (Lipinski definition) is 0. The van der Waals surface area contributed by atoms with Crippen LogP contribution < -0.4 is 0 Å². The quantitative estimate of drug-likeness (QED) is 0.533. The van der Waals surface area contributed by atoms with Crippen molar-refractivity contribution in [3.8, 4) is 0 Å². The monoisotopic (exact) mass is 309 g/mol. The average Bonchev–Trinajstić information content (AvgIpc) is 1.66. The molecular formula is C11H30N2PSSi2-. The lowest BCUT2D eigenvalue weighted by atomic mass is 10.1. The molecule has 0 aliphatic rings. The molecule has 17 heavy (non-hydrogen) atoms. The molecule has 0 fully saturated rings. The first-order chi connectivity index (χ1) is 7.07. The minimum absolute atomic E-state index is 0.0260. The Bertz CT molecular complexity index is 299. The van der Waals surface area contributed by atoms with Crippen molar-refractivity contribution in [1.29, 1.82) is 0 Å². The van der Waals surface area contributed by atoms with E-state index in [0.717, 1.165) is 0 Å². The van der Waals surface area contributed by atoms with E-state index >= 15 is 0 Å². The van der Waals surface area contributed by atoms with Gasteiger partial charge in [0.2, 0.25) is 0 Å². The Morgan fingerprint density at radius 1 is 0.941 bits per heavy atom. The van der Waals surface area contributed by atoms with Gasteiger partial charge in [-0.3, -0.25) is 0 Å². The number of rotatable bonds is 4. The largest absolute Gasteiger partial charge is 0.611 e. The van der Waals surface area contributed by atoms with Crippen molar-refractivity contribution in [3.05, 3.63) is 5.09 Å². The van der Waals surface area contributed by atoms with Crippen LogP contribution in [0.2, 0.25) is 39.3 Å². The molecule has 0 spiro atoms. The lowest BCUT2D eigenvalue weighted by molar-refractivity contribution is 0.679. The molecule has 0 radical (unpaired) electrons. The van der Waals surface area contributed by atoms with E-state index < -0.39 is 22.8 Å². The molecule has 0 saturated carbocycles. The van der Waals surface area contributed by atoms with Gasteiger partial charge in [-0.1, -0.05) is 66.4 Å². The third-order valence-corrected chi connectivity index (χ3v) is 17.9. The smallest absolute Gasteiger partial charge is 0.115 e. The summed E-state index contributed by atoms with van der Waals surface area (Å²) < 4.78 is 2.70. The first kappa shape index (κ1) is 18.0. The Balaban J connectivity index is 5.43. The van der Waals surface area contributed by atoms with Gasteiger partial charge >= 0.3 is 0 Å². The zero-order valence-corrected chi connectivity index (χ0v) is 17.0. The summed E-state index contributed by atoms with van der Waals surface area (Å²) in [4.78, 5) is 0. The van der Waals surface area contributed by atoms with E-state index in [-0.39, 0.29) is 5.54 Å². The first-order valence-electron chi connectivity index (χ1n) is 6.20. The molecule has 0 amide bonds. The second kappa shape index (κ2) is 5.18. The Kier molecular flexibility index (Phi) is 5.48. The van der Waals surface area contributed by atoms with Gasteiger partial charge in [0.15, 0.2) is 0 Å². The van der Waals surface area contributed by atoms with Crippen LogP contribution in [0.1, 0.15) is 20.8 Å². The Morgan fingerprint density at radius 3 is 1.41 bits per heavy atom. The lowest BCUT2D eigenvalue weighted by Crippen LogP contribution is -2.56. The Hall–Kier alpha value is 1.00. The summed E-state index contributed by atoms with van der Waals surface area (Å²) in [6.45, 7) is 23.1.